The van der Waals surface area contributed by atoms with Crippen LogP contribution in [-0.2, 0) is 23.0 Å². The number of nitrogens with one attached hydrogen (secondary N) is 1. The number of hydrogen-bond acceptors (Lipinski definition) is 5. The lowest BCUT2D eigenvalue weighted by molar-refractivity contribution is 0.0981. The van der Waals surface area contributed by atoms with Gasteiger partial charge >= 0.3 is 0 Å². The van der Waals surface area contributed by atoms with Crippen LogP contribution in [0.25, 0.3) is 17.1 Å². The quantitative estimate of drug-likeness (QED) is 0.432. The largest absolute Gasteiger partial charge is 0.318 e. The monoisotopic (exact) mass is 503 g/mol. The van der Waals surface area contributed by atoms with Crippen molar-refractivity contribution in [2.45, 2.75) is 57.9 Å². The van der Waals surface area contributed by atoms with Crippen molar-refractivity contribution in [1.29, 1.82) is 0 Å². The normalized spacial score (nSPS) is 13.8. The molecule has 1 N–H and O–H groups in total. The summed E-state index contributed by atoms with van der Waals surface area (Å²) in [6.45, 7) is 6.51. The van der Waals surface area contributed by atoms with Gasteiger partial charge in [-0.25, -0.2) is 13.1 Å². The fourth-order valence-electron chi connectivity index (χ4n) is 4.80. The minimum atomic E-state index is -3.97. The summed E-state index contributed by atoms with van der Waals surface area (Å²) in [5, 5.41) is 8.83. The van der Waals surface area contributed by atoms with Crippen molar-refractivity contribution in [1.82, 2.24) is 24.1 Å². The number of hydrogen-bond donors (Lipinski definition) is 1. The van der Waals surface area contributed by atoms with Crippen LogP contribution in [0.1, 0.15) is 52.4 Å². The van der Waals surface area contributed by atoms with Gasteiger partial charge in [0.1, 0.15) is 5.82 Å². The third-order valence-corrected chi connectivity index (χ3v) is 8.07. The van der Waals surface area contributed by atoms with Gasteiger partial charge in [0, 0.05) is 35.6 Å². The molecule has 0 saturated carbocycles. The molecular weight excluding hydrogens is 474 g/mol. The number of nitrogens with zero attached hydrogens (tertiary/aromatic N) is 4. The van der Waals surface area contributed by atoms with Gasteiger partial charge in [0.25, 0.3) is 15.9 Å². The zero-order chi connectivity index (χ0) is 25.4. The fraction of sp³-hybridized carbons (Fsp3) is 0.296. The van der Waals surface area contributed by atoms with Crippen LogP contribution < -0.4 is 4.72 Å². The first-order valence-electron chi connectivity index (χ1n) is 12.1. The average Bonchev–Trinajstić information content (AvgIpc) is 3.29. The van der Waals surface area contributed by atoms with Gasteiger partial charge < -0.3 is 9.13 Å². The number of carbonyl (C=O) groups excluding carboxylic acids is 1. The molecule has 2 aromatic heterocycles. The topological polar surface area (TPSA) is 98.9 Å². The lowest BCUT2D eigenvalue weighted by Crippen LogP contribution is -2.30. The van der Waals surface area contributed by atoms with Gasteiger partial charge in [0.05, 0.1) is 10.5 Å². The molecule has 9 heteroatoms. The Morgan fingerprint density at radius 1 is 0.917 bits per heavy atom. The molecule has 3 heterocycles. The van der Waals surface area contributed by atoms with Gasteiger partial charge in [-0.05, 0) is 76.1 Å². The van der Waals surface area contributed by atoms with E-state index in [4.69, 9.17) is 0 Å². The Kier molecular flexibility index (Phi) is 6.26. The summed E-state index contributed by atoms with van der Waals surface area (Å²) < 4.78 is 31.8. The lowest BCUT2D eigenvalue weighted by Gasteiger charge is -2.12. The van der Waals surface area contributed by atoms with Crippen LogP contribution in [0, 0.1) is 20.8 Å². The van der Waals surface area contributed by atoms with E-state index in [1.807, 2.05) is 49.6 Å². The molecule has 186 valence electrons. The van der Waals surface area contributed by atoms with Crippen molar-refractivity contribution >= 4 is 15.9 Å². The van der Waals surface area contributed by atoms with Crippen molar-refractivity contribution < 1.29 is 13.2 Å². The molecule has 0 radical (unpaired) electrons. The van der Waals surface area contributed by atoms with E-state index in [1.165, 1.54) is 18.6 Å². The van der Waals surface area contributed by atoms with E-state index >= 15 is 0 Å². The molecule has 0 saturated heterocycles. The highest BCUT2D eigenvalue weighted by Crippen LogP contribution is 2.26. The molecule has 2 aromatic carbocycles. The summed E-state index contributed by atoms with van der Waals surface area (Å²) in [4.78, 5) is 13.0. The van der Waals surface area contributed by atoms with Crippen molar-refractivity contribution in [3.05, 3.63) is 82.9 Å². The Labute approximate surface area is 211 Å². The number of aromatic nitrogens is 4. The first-order valence-corrected chi connectivity index (χ1v) is 13.6. The van der Waals surface area contributed by atoms with Gasteiger partial charge in [-0.2, -0.15) is 0 Å². The van der Waals surface area contributed by atoms with E-state index in [1.54, 1.807) is 18.2 Å². The molecule has 0 fully saturated rings. The first-order chi connectivity index (χ1) is 17.2. The highest BCUT2D eigenvalue weighted by Gasteiger charge is 2.23. The molecule has 8 nitrogen and oxygen atoms in total. The van der Waals surface area contributed by atoms with Gasteiger partial charge in [0.2, 0.25) is 0 Å². The summed E-state index contributed by atoms with van der Waals surface area (Å²) >= 11 is 0. The molecule has 0 atom stereocenters. The Balaban J connectivity index is 1.41. The minimum absolute atomic E-state index is 0.0530. The number of benzene rings is 2. The molecule has 36 heavy (non-hydrogen) atoms. The molecule has 0 unspecified atom stereocenters. The average molecular weight is 504 g/mol. The first kappa shape index (κ1) is 24.0. The van der Waals surface area contributed by atoms with Crippen molar-refractivity contribution in [3.63, 3.8) is 0 Å². The summed E-state index contributed by atoms with van der Waals surface area (Å²) in [5.41, 5.74) is 4.61. The molecule has 0 bridgehead atoms. The highest BCUT2D eigenvalue weighted by molar-refractivity contribution is 7.90. The smallest absolute Gasteiger partial charge is 0.266 e. The fourth-order valence-corrected chi connectivity index (χ4v) is 5.77. The van der Waals surface area contributed by atoms with Crippen LogP contribution >= 0.6 is 0 Å². The number of amides is 1. The second-order valence-corrected chi connectivity index (χ2v) is 11.0. The minimum Gasteiger partial charge on any atom is -0.318 e. The summed E-state index contributed by atoms with van der Waals surface area (Å²) in [6.07, 6.45) is 4.43. The summed E-state index contributed by atoms with van der Waals surface area (Å²) in [7, 11) is -3.97. The van der Waals surface area contributed by atoms with Crippen LogP contribution in [-0.4, -0.2) is 33.7 Å². The van der Waals surface area contributed by atoms with E-state index in [-0.39, 0.29) is 4.90 Å². The van der Waals surface area contributed by atoms with Crippen LogP contribution in [0.5, 0.6) is 0 Å². The summed E-state index contributed by atoms with van der Waals surface area (Å²) in [5.74, 6) is 1.26. The molecule has 1 aliphatic heterocycles. The molecule has 5 rings (SSSR count). The second kappa shape index (κ2) is 9.39. The molecule has 1 aliphatic rings. The third kappa shape index (κ3) is 4.46. The highest BCUT2D eigenvalue weighted by atomic mass is 32.2. The van der Waals surface area contributed by atoms with Crippen LogP contribution in [0.15, 0.2) is 59.5 Å². The lowest BCUT2D eigenvalue weighted by atomic mass is 10.2. The molecule has 0 aliphatic carbocycles. The second-order valence-electron chi connectivity index (χ2n) is 9.32. The Morgan fingerprint density at radius 2 is 1.64 bits per heavy atom. The van der Waals surface area contributed by atoms with Gasteiger partial charge in [0.15, 0.2) is 5.82 Å². The Morgan fingerprint density at radius 3 is 2.36 bits per heavy atom. The predicted octanol–water partition coefficient (Wildman–Crippen LogP) is 4.51. The van der Waals surface area contributed by atoms with Gasteiger partial charge in [-0.1, -0.05) is 24.1 Å². The van der Waals surface area contributed by atoms with Crippen LogP contribution in [0.4, 0.5) is 0 Å². The van der Waals surface area contributed by atoms with Crippen molar-refractivity contribution in [2.75, 3.05) is 0 Å². The van der Waals surface area contributed by atoms with Crippen LogP contribution in [0.3, 0.4) is 0 Å². The zero-order valence-corrected chi connectivity index (χ0v) is 21.5. The Bertz CT molecular complexity index is 1530. The van der Waals surface area contributed by atoms with E-state index in [9.17, 15) is 13.2 Å². The maximum atomic E-state index is 13.0. The number of aryl methyl sites for hydroxylation is 3. The number of sulfonamides is 1. The maximum Gasteiger partial charge on any atom is 0.266 e. The number of carbonyl (C=O) groups is 1. The third-order valence-electron chi connectivity index (χ3n) is 6.73. The van der Waals surface area contributed by atoms with E-state index in [0.717, 1.165) is 60.0 Å². The van der Waals surface area contributed by atoms with E-state index in [0.29, 0.717) is 11.3 Å². The number of rotatable bonds is 5. The molecule has 4 aromatic rings. The van der Waals surface area contributed by atoms with Gasteiger partial charge in [-0.15, -0.1) is 10.2 Å². The number of fused-ring (bicyclic) bond motifs is 1. The predicted molar refractivity (Wildman–Crippen MR) is 138 cm³/mol. The van der Waals surface area contributed by atoms with Crippen molar-refractivity contribution in [3.8, 4) is 17.1 Å². The standard InChI is InChI=1S/C27H29N5O3S/c1-18-8-14-23(15-9-18)36(34,35)30-27(33)24-17-19(2)32(20(24)3)22-12-10-21(11-13-22)26-29-28-25-7-5-4-6-16-31(25)26/h8-15,17H,4-7,16H2,1-3H3,(H,30,33). The van der Waals surface area contributed by atoms with E-state index < -0.39 is 15.9 Å². The molecule has 1 amide bonds. The van der Waals surface area contributed by atoms with Gasteiger partial charge in [-0.3, -0.25) is 4.79 Å². The SMILES string of the molecule is Cc1ccc(S(=O)(=O)NC(=O)c2cc(C)n(-c3ccc(-c4nnc5n4CCCCC5)cc3)c2C)cc1. The molecular formula is C27H29N5O3S. The summed E-state index contributed by atoms with van der Waals surface area (Å²) in [6, 6.07) is 16.1. The Hall–Kier alpha value is -3.72. The van der Waals surface area contributed by atoms with Crippen LogP contribution in [0.2, 0.25) is 0 Å². The van der Waals surface area contributed by atoms with E-state index in [2.05, 4.69) is 19.5 Å². The molecule has 0 spiro atoms. The van der Waals surface area contributed by atoms with Crippen molar-refractivity contribution in [2.24, 2.45) is 0 Å². The zero-order valence-electron chi connectivity index (χ0n) is 20.7. The maximum absolute atomic E-state index is 13.0.